The molecule has 0 saturated heterocycles. The first-order valence-corrected chi connectivity index (χ1v) is 6.38. The summed E-state index contributed by atoms with van der Waals surface area (Å²) in [5.74, 6) is -1.000. The zero-order valence-corrected chi connectivity index (χ0v) is 10.8. The van der Waals surface area contributed by atoms with Crippen molar-refractivity contribution in [2.24, 2.45) is 5.92 Å². The molecule has 1 atom stereocenters. The first-order chi connectivity index (χ1) is 8.77. The first kappa shape index (κ1) is 14.2. The smallest absolute Gasteiger partial charge is 0.323 e. The Morgan fingerprint density at radius 1 is 1.33 bits per heavy atom. The van der Waals surface area contributed by atoms with Gasteiger partial charge in [0, 0.05) is 0 Å². The molecular formula is C15H19NO2. The van der Waals surface area contributed by atoms with Gasteiger partial charge in [0.1, 0.15) is 5.92 Å². The number of carbonyl (C=O) groups excluding carboxylic acids is 1. The second-order valence-electron chi connectivity index (χ2n) is 4.17. The maximum Gasteiger partial charge on any atom is 0.323 e. The molecule has 3 heteroatoms. The minimum absolute atomic E-state index is 0.334. The lowest BCUT2D eigenvalue weighted by Crippen LogP contribution is -2.16. The van der Waals surface area contributed by atoms with Crippen LogP contribution in [0.25, 0.3) is 0 Å². The fourth-order valence-electron chi connectivity index (χ4n) is 1.80. The number of benzene rings is 1. The van der Waals surface area contributed by atoms with Gasteiger partial charge in [-0.2, -0.15) is 5.26 Å². The molecule has 0 aliphatic heterocycles. The van der Waals surface area contributed by atoms with Crippen LogP contribution in [-0.4, -0.2) is 12.6 Å². The minimum atomic E-state index is -0.610. The average Bonchev–Trinajstić information content (AvgIpc) is 2.40. The van der Waals surface area contributed by atoms with E-state index in [1.165, 1.54) is 5.56 Å². The van der Waals surface area contributed by atoms with E-state index in [0.29, 0.717) is 13.0 Å². The normalized spacial score (nSPS) is 11.6. The summed E-state index contributed by atoms with van der Waals surface area (Å²) in [6, 6.07) is 12.2. The third kappa shape index (κ3) is 5.01. The largest absolute Gasteiger partial charge is 0.465 e. The van der Waals surface area contributed by atoms with Gasteiger partial charge in [-0.1, -0.05) is 36.8 Å². The summed E-state index contributed by atoms with van der Waals surface area (Å²) in [7, 11) is 0. The van der Waals surface area contributed by atoms with Crippen LogP contribution in [-0.2, 0) is 16.0 Å². The quantitative estimate of drug-likeness (QED) is 0.548. The molecule has 0 aromatic heterocycles. The van der Waals surface area contributed by atoms with E-state index >= 15 is 0 Å². The fraction of sp³-hybridized carbons (Fsp3) is 0.467. The topological polar surface area (TPSA) is 50.1 Å². The molecule has 0 saturated carbocycles. The number of hydrogen-bond acceptors (Lipinski definition) is 3. The van der Waals surface area contributed by atoms with Crippen molar-refractivity contribution < 1.29 is 9.53 Å². The van der Waals surface area contributed by atoms with Gasteiger partial charge >= 0.3 is 5.97 Å². The molecule has 0 aliphatic rings. The first-order valence-electron chi connectivity index (χ1n) is 6.38. The van der Waals surface area contributed by atoms with E-state index in [2.05, 4.69) is 12.1 Å². The van der Waals surface area contributed by atoms with E-state index in [4.69, 9.17) is 10.00 Å². The lowest BCUT2D eigenvalue weighted by atomic mass is 10.0. The van der Waals surface area contributed by atoms with Crippen molar-refractivity contribution in [3.05, 3.63) is 35.9 Å². The number of esters is 1. The van der Waals surface area contributed by atoms with Crippen molar-refractivity contribution in [2.45, 2.75) is 32.6 Å². The van der Waals surface area contributed by atoms with Gasteiger partial charge in [-0.05, 0) is 31.7 Å². The molecule has 0 radical (unpaired) electrons. The highest BCUT2D eigenvalue weighted by Gasteiger charge is 2.18. The molecule has 96 valence electrons. The lowest BCUT2D eigenvalue weighted by molar-refractivity contribution is -0.146. The lowest BCUT2D eigenvalue weighted by Gasteiger charge is -2.07. The second-order valence-corrected chi connectivity index (χ2v) is 4.17. The van der Waals surface area contributed by atoms with Gasteiger partial charge in [0.15, 0.2) is 0 Å². The highest BCUT2D eigenvalue weighted by Crippen LogP contribution is 2.12. The molecule has 1 unspecified atom stereocenters. The Kier molecular flexibility index (Phi) is 6.56. The van der Waals surface area contributed by atoms with E-state index in [9.17, 15) is 4.79 Å². The third-order valence-corrected chi connectivity index (χ3v) is 2.78. The van der Waals surface area contributed by atoms with Crippen molar-refractivity contribution in [1.29, 1.82) is 5.26 Å². The van der Waals surface area contributed by atoms with E-state index in [1.807, 2.05) is 24.3 Å². The monoisotopic (exact) mass is 245 g/mol. The Balaban J connectivity index is 2.24. The number of nitriles is 1. The van der Waals surface area contributed by atoms with Gasteiger partial charge < -0.3 is 4.74 Å². The SMILES string of the molecule is CCOC(=O)C(C#N)CCCCc1ccccc1. The molecule has 1 aromatic rings. The molecule has 18 heavy (non-hydrogen) atoms. The summed E-state index contributed by atoms with van der Waals surface area (Å²) in [5, 5.41) is 8.89. The summed E-state index contributed by atoms with van der Waals surface area (Å²) in [6.07, 6.45) is 3.43. The molecule has 0 fully saturated rings. The highest BCUT2D eigenvalue weighted by atomic mass is 16.5. The number of aryl methyl sites for hydroxylation is 1. The number of nitrogens with zero attached hydrogens (tertiary/aromatic N) is 1. The molecule has 1 aromatic carbocycles. The molecule has 0 N–H and O–H groups in total. The van der Waals surface area contributed by atoms with Gasteiger partial charge in [-0.25, -0.2) is 0 Å². The summed E-state index contributed by atoms with van der Waals surface area (Å²) < 4.78 is 4.85. The molecule has 0 aliphatic carbocycles. The number of rotatable bonds is 7. The van der Waals surface area contributed by atoms with Crippen molar-refractivity contribution in [2.75, 3.05) is 6.61 Å². The Hall–Kier alpha value is -1.82. The maximum atomic E-state index is 11.4. The van der Waals surface area contributed by atoms with Gasteiger partial charge in [-0.15, -0.1) is 0 Å². The molecule has 1 rings (SSSR count). The molecule has 0 amide bonds. The zero-order chi connectivity index (χ0) is 13.2. The van der Waals surface area contributed by atoms with Gasteiger partial charge in [0.25, 0.3) is 0 Å². The van der Waals surface area contributed by atoms with Gasteiger partial charge in [0.2, 0.25) is 0 Å². The summed E-state index contributed by atoms with van der Waals surface area (Å²) in [6.45, 7) is 2.09. The van der Waals surface area contributed by atoms with Crippen molar-refractivity contribution in [3.8, 4) is 6.07 Å². The standard InChI is InChI=1S/C15H19NO2/c1-2-18-15(17)14(12-16)11-7-6-10-13-8-4-3-5-9-13/h3-5,8-9,14H,2,6-7,10-11H2,1H3. The predicted octanol–water partition coefficient (Wildman–Crippen LogP) is 3.10. The summed E-state index contributed by atoms with van der Waals surface area (Å²) in [5.41, 5.74) is 1.29. The number of unbranched alkanes of at least 4 members (excludes halogenated alkanes) is 1. The molecular weight excluding hydrogens is 226 g/mol. The van der Waals surface area contributed by atoms with Crippen LogP contribution in [0.3, 0.4) is 0 Å². The van der Waals surface area contributed by atoms with Gasteiger partial charge in [0.05, 0.1) is 12.7 Å². The van der Waals surface area contributed by atoms with Crippen LogP contribution in [0.5, 0.6) is 0 Å². The Morgan fingerprint density at radius 3 is 2.67 bits per heavy atom. The van der Waals surface area contributed by atoms with E-state index < -0.39 is 5.92 Å². The van der Waals surface area contributed by atoms with Crippen LogP contribution in [0.2, 0.25) is 0 Å². The minimum Gasteiger partial charge on any atom is -0.465 e. The molecule has 0 heterocycles. The van der Waals surface area contributed by atoms with E-state index in [0.717, 1.165) is 19.3 Å². The Morgan fingerprint density at radius 2 is 2.06 bits per heavy atom. The molecule has 0 bridgehead atoms. The van der Waals surface area contributed by atoms with Crippen LogP contribution in [0.15, 0.2) is 30.3 Å². The fourth-order valence-corrected chi connectivity index (χ4v) is 1.80. The Bertz CT molecular complexity index is 395. The average molecular weight is 245 g/mol. The van der Waals surface area contributed by atoms with E-state index in [-0.39, 0.29) is 5.97 Å². The van der Waals surface area contributed by atoms with Crippen molar-refractivity contribution in [1.82, 2.24) is 0 Å². The maximum absolute atomic E-state index is 11.4. The molecule has 3 nitrogen and oxygen atoms in total. The number of ether oxygens (including phenoxy) is 1. The third-order valence-electron chi connectivity index (χ3n) is 2.78. The van der Waals surface area contributed by atoms with Crippen molar-refractivity contribution in [3.63, 3.8) is 0 Å². The summed E-state index contributed by atoms with van der Waals surface area (Å²) in [4.78, 5) is 11.4. The van der Waals surface area contributed by atoms with Crippen LogP contribution in [0.4, 0.5) is 0 Å². The van der Waals surface area contributed by atoms with Crippen LogP contribution in [0.1, 0.15) is 31.7 Å². The summed E-state index contributed by atoms with van der Waals surface area (Å²) >= 11 is 0. The van der Waals surface area contributed by atoms with Crippen LogP contribution < -0.4 is 0 Å². The number of carbonyl (C=O) groups is 1. The zero-order valence-electron chi connectivity index (χ0n) is 10.8. The van der Waals surface area contributed by atoms with Crippen LogP contribution >= 0.6 is 0 Å². The van der Waals surface area contributed by atoms with Crippen LogP contribution in [0, 0.1) is 17.2 Å². The number of hydrogen-bond donors (Lipinski definition) is 0. The van der Waals surface area contributed by atoms with Gasteiger partial charge in [-0.3, -0.25) is 4.79 Å². The van der Waals surface area contributed by atoms with E-state index in [1.54, 1.807) is 6.92 Å². The molecule has 0 spiro atoms. The Labute approximate surface area is 108 Å². The predicted molar refractivity (Wildman–Crippen MR) is 69.7 cm³/mol. The highest BCUT2D eigenvalue weighted by molar-refractivity contribution is 5.75. The van der Waals surface area contributed by atoms with Crippen molar-refractivity contribution >= 4 is 5.97 Å². The second kappa shape index (κ2) is 8.30.